The minimum atomic E-state index is -4.58. The van der Waals surface area contributed by atoms with E-state index >= 15 is 0 Å². The summed E-state index contributed by atoms with van der Waals surface area (Å²) in [5.41, 5.74) is 5.44. The first-order valence-corrected chi connectivity index (χ1v) is 12.3. The van der Waals surface area contributed by atoms with E-state index in [2.05, 4.69) is 5.32 Å². The lowest BCUT2D eigenvalue weighted by Crippen LogP contribution is -2.41. The second-order valence-corrected chi connectivity index (χ2v) is 8.88. The van der Waals surface area contributed by atoms with Gasteiger partial charge in [0.15, 0.2) is 0 Å². The molecule has 12 heteroatoms. The van der Waals surface area contributed by atoms with Crippen molar-refractivity contribution in [2.45, 2.75) is 12.1 Å². The topological polar surface area (TPSA) is 135 Å². The van der Waals surface area contributed by atoms with Gasteiger partial charge in [0.25, 0.3) is 5.91 Å². The quantitative estimate of drug-likeness (QED) is 0.398. The Labute approximate surface area is 238 Å². The largest absolute Gasteiger partial charge is 0.466 e. The van der Waals surface area contributed by atoms with E-state index in [1.807, 2.05) is 6.07 Å². The minimum Gasteiger partial charge on any atom is -0.466 e. The first-order valence-electron chi connectivity index (χ1n) is 12.3. The predicted molar refractivity (Wildman–Crippen MR) is 145 cm³/mol. The number of alkyl halides is 3. The number of para-hydroxylation sites is 2. The van der Waals surface area contributed by atoms with Crippen LogP contribution in [0.3, 0.4) is 0 Å². The average Bonchev–Trinajstić information content (AvgIpc) is 3.00. The number of hydrogen-bond acceptors (Lipinski definition) is 8. The number of carbonyl (C=O) groups is 3. The summed E-state index contributed by atoms with van der Waals surface area (Å²) in [4.78, 5) is 40.7. The van der Waals surface area contributed by atoms with E-state index < -0.39 is 35.5 Å². The van der Waals surface area contributed by atoms with Crippen molar-refractivity contribution in [2.75, 3.05) is 24.4 Å². The molecular weight excluding hydrogens is 553 g/mol. The summed E-state index contributed by atoms with van der Waals surface area (Å²) in [6.45, 7) is 0. The third kappa shape index (κ3) is 5.53. The number of amides is 1. The summed E-state index contributed by atoms with van der Waals surface area (Å²) >= 11 is 0. The van der Waals surface area contributed by atoms with Crippen molar-refractivity contribution in [3.63, 3.8) is 0 Å². The SMILES string of the molecule is COC(=O)C1=C(C(=O)OC)N(c2ccccc2NC(=O)c2ccc(C(F)(F)F)cc2)C(N)=C(C#N)C1c1ccccc1. The summed E-state index contributed by atoms with van der Waals surface area (Å²) < 4.78 is 49.0. The molecule has 1 unspecified atom stereocenters. The molecule has 9 nitrogen and oxygen atoms in total. The van der Waals surface area contributed by atoms with Gasteiger partial charge in [-0.05, 0) is 42.0 Å². The molecular formula is C30H23F3N4O5. The smallest absolute Gasteiger partial charge is 0.416 e. The van der Waals surface area contributed by atoms with Crippen LogP contribution in [0.5, 0.6) is 0 Å². The summed E-state index contributed by atoms with van der Waals surface area (Å²) in [6.07, 6.45) is -4.58. The normalized spacial score (nSPS) is 15.1. The Morgan fingerprint density at radius 3 is 2.07 bits per heavy atom. The number of nitrogens with two attached hydrogens (primary N) is 1. The Morgan fingerprint density at radius 1 is 0.905 bits per heavy atom. The lowest BCUT2D eigenvalue weighted by molar-refractivity contribution is -0.139. The van der Waals surface area contributed by atoms with Crippen LogP contribution in [0.25, 0.3) is 0 Å². The molecule has 214 valence electrons. The zero-order chi connectivity index (χ0) is 30.6. The summed E-state index contributed by atoms with van der Waals surface area (Å²) in [7, 11) is 2.21. The summed E-state index contributed by atoms with van der Waals surface area (Å²) in [6, 6.07) is 20.0. The van der Waals surface area contributed by atoms with E-state index in [-0.39, 0.29) is 39.6 Å². The maximum Gasteiger partial charge on any atom is 0.416 e. The molecule has 0 aliphatic carbocycles. The minimum absolute atomic E-state index is 0.0615. The Balaban J connectivity index is 1.89. The standard InChI is InChI=1S/C30H23F3N4O5/c1-41-28(39)24-23(17-8-4-3-5-9-17)20(16-34)26(35)37(25(24)29(40)42-2)22-11-7-6-10-21(22)36-27(38)18-12-14-19(15-13-18)30(31,32)33/h3-15,23H,35H2,1-2H3,(H,36,38). The Morgan fingerprint density at radius 2 is 1.50 bits per heavy atom. The van der Waals surface area contributed by atoms with Gasteiger partial charge in [-0.1, -0.05) is 42.5 Å². The lowest BCUT2D eigenvalue weighted by atomic mass is 9.81. The zero-order valence-corrected chi connectivity index (χ0v) is 22.2. The molecule has 0 fully saturated rings. The van der Waals surface area contributed by atoms with Gasteiger partial charge in [0.05, 0.1) is 54.3 Å². The molecule has 3 aromatic rings. The molecule has 1 aliphatic rings. The van der Waals surface area contributed by atoms with Crippen molar-refractivity contribution >= 4 is 29.2 Å². The number of carbonyl (C=O) groups excluding carboxylic acids is 3. The van der Waals surface area contributed by atoms with E-state index in [1.165, 1.54) is 12.1 Å². The van der Waals surface area contributed by atoms with Crippen molar-refractivity contribution in [3.05, 3.63) is 118 Å². The van der Waals surface area contributed by atoms with Crippen molar-refractivity contribution in [2.24, 2.45) is 5.73 Å². The molecule has 42 heavy (non-hydrogen) atoms. The van der Waals surface area contributed by atoms with Gasteiger partial charge in [-0.3, -0.25) is 9.69 Å². The molecule has 0 saturated heterocycles. The van der Waals surface area contributed by atoms with Crippen LogP contribution < -0.4 is 16.0 Å². The number of allylic oxidation sites excluding steroid dienone is 1. The molecule has 0 spiro atoms. The van der Waals surface area contributed by atoms with Gasteiger partial charge in [-0.2, -0.15) is 18.4 Å². The van der Waals surface area contributed by atoms with Crippen LogP contribution >= 0.6 is 0 Å². The van der Waals surface area contributed by atoms with Crippen molar-refractivity contribution < 1.29 is 37.0 Å². The van der Waals surface area contributed by atoms with Crippen molar-refractivity contribution in [1.82, 2.24) is 0 Å². The average molecular weight is 577 g/mol. The molecule has 1 atom stereocenters. The van der Waals surface area contributed by atoms with Gasteiger partial charge in [-0.15, -0.1) is 0 Å². The highest BCUT2D eigenvalue weighted by Gasteiger charge is 2.43. The second-order valence-electron chi connectivity index (χ2n) is 8.88. The fraction of sp³-hybridized carbons (Fsp3) is 0.133. The fourth-order valence-corrected chi connectivity index (χ4v) is 4.54. The molecule has 1 amide bonds. The van der Waals surface area contributed by atoms with Gasteiger partial charge in [0.2, 0.25) is 0 Å². The third-order valence-electron chi connectivity index (χ3n) is 6.48. The number of benzene rings is 3. The Bertz CT molecular complexity index is 1640. The van der Waals surface area contributed by atoms with Crippen LogP contribution in [-0.4, -0.2) is 32.1 Å². The number of nitrogens with one attached hydrogen (secondary N) is 1. The van der Waals surface area contributed by atoms with Crippen LogP contribution in [-0.2, 0) is 25.2 Å². The highest BCUT2D eigenvalue weighted by molar-refractivity contribution is 6.09. The van der Waals surface area contributed by atoms with Gasteiger partial charge < -0.3 is 20.5 Å². The number of esters is 2. The number of rotatable bonds is 6. The fourth-order valence-electron chi connectivity index (χ4n) is 4.54. The van der Waals surface area contributed by atoms with E-state index in [9.17, 15) is 32.8 Å². The Hall–Kier alpha value is -5.57. The number of methoxy groups -OCH3 is 2. The van der Waals surface area contributed by atoms with Gasteiger partial charge in [0.1, 0.15) is 11.5 Å². The van der Waals surface area contributed by atoms with Crippen LogP contribution in [0.4, 0.5) is 24.5 Å². The van der Waals surface area contributed by atoms with Crippen LogP contribution in [0.15, 0.2) is 102 Å². The van der Waals surface area contributed by atoms with Gasteiger partial charge in [0, 0.05) is 5.56 Å². The van der Waals surface area contributed by atoms with Crippen LogP contribution in [0.1, 0.15) is 27.4 Å². The maximum absolute atomic E-state index is 13.3. The number of ether oxygens (including phenoxy) is 2. The van der Waals surface area contributed by atoms with Crippen molar-refractivity contribution in [1.29, 1.82) is 5.26 Å². The maximum atomic E-state index is 13.3. The number of hydrogen-bond donors (Lipinski definition) is 2. The highest BCUT2D eigenvalue weighted by Crippen LogP contribution is 2.44. The first-order chi connectivity index (χ1) is 20.0. The number of nitrogens with zero attached hydrogens (tertiary/aromatic N) is 2. The van der Waals surface area contributed by atoms with E-state index in [0.717, 1.165) is 43.4 Å². The van der Waals surface area contributed by atoms with E-state index in [4.69, 9.17) is 15.2 Å². The molecule has 4 rings (SSSR count). The molecule has 3 N–H and O–H groups in total. The zero-order valence-electron chi connectivity index (χ0n) is 22.2. The monoisotopic (exact) mass is 576 g/mol. The molecule has 0 saturated carbocycles. The number of halogens is 3. The first kappa shape index (κ1) is 29.4. The Kier molecular flexibility index (Phi) is 8.33. The van der Waals surface area contributed by atoms with Crippen molar-refractivity contribution in [3.8, 4) is 6.07 Å². The molecule has 3 aromatic carbocycles. The lowest BCUT2D eigenvalue weighted by Gasteiger charge is -2.36. The van der Waals surface area contributed by atoms with E-state index in [0.29, 0.717) is 5.56 Å². The molecule has 0 aromatic heterocycles. The van der Waals surface area contributed by atoms with Gasteiger partial charge >= 0.3 is 18.1 Å². The summed E-state index contributed by atoms with van der Waals surface area (Å²) in [5, 5.41) is 12.8. The third-order valence-corrected chi connectivity index (χ3v) is 6.48. The molecule has 1 aliphatic heterocycles. The number of nitriles is 1. The molecule has 0 bridgehead atoms. The number of anilines is 2. The van der Waals surface area contributed by atoms with Gasteiger partial charge in [-0.25, -0.2) is 9.59 Å². The van der Waals surface area contributed by atoms with E-state index in [1.54, 1.807) is 42.5 Å². The van der Waals surface area contributed by atoms with Crippen LogP contribution in [0, 0.1) is 11.3 Å². The highest BCUT2D eigenvalue weighted by atomic mass is 19.4. The van der Waals surface area contributed by atoms with Crippen LogP contribution in [0.2, 0.25) is 0 Å². The second kappa shape index (κ2) is 11.9. The molecule has 1 heterocycles. The predicted octanol–water partition coefficient (Wildman–Crippen LogP) is 4.86. The molecule has 0 radical (unpaired) electrons. The summed E-state index contributed by atoms with van der Waals surface area (Å²) in [5.74, 6) is -4.00.